The molecule has 0 aliphatic carbocycles. The van der Waals surface area contributed by atoms with Gasteiger partial charge in [-0.15, -0.1) is 0 Å². The SMILES string of the molecule is COc1nc(Cl)ccc1C(=O)Nc1c(Cl)cccc1Cl. The average Bonchev–Trinajstić information content (AvgIpc) is 2.42. The summed E-state index contributed by atoms with van der Waals surface area (Å²) in [5.74, 6) is -0.320. The summed E-state index contributed by atoms with van der Waals surface area (Å²) in [6.45, 7) is 0. The van der Waals surface area contributed by atoms with Crippen molar-refractivity contribution < 1.29 is 9.53 Å². The summed E-state index contributed by atoms with van der Waals surface area (Å²) >= 11 is 17.7. The molecule has 0 bridgehead atoms. The minimum Gasteiger partial charge on any atom is -0.480 e. The Morgan fingerprint density at radius 3 is 2.40 bits per heavy atom. The zero-order chi connectivity index (χ0) is 14.7. The van der Waals surface area contributed by atoms with Crippen LogP contribution in [0.5, 0.6) is 5.88 Å². The first kappa shape index (κ1) is 14.9. The van der Waals surface area contributed by atoms with E-state index in [2.05, 4.69) is 10.3 Å². The molecular formula is C13H9Cl3N2O2. The lowest BCUT2D eigenvalue weighted by molar-refractivity contribution is 0.102. The molecule has 0 atom stereocenters. The second kappa shape index (κ2) is 6.31. The van der Waals surface area contributed by atoms with Gasteiger partial charge in [-0.25, -0.2) is 4.98 Å². The van der Waals surface area contributed by atoms with E-state index in [1.165, 1.54) is 19.2 Å². The van der Waals surface area contributed by atoms with Crippen LogP contribution in [0.1, 0.15) is 10.4 Å². The van der Waals surface area contributed by atoms with Gasteiger partial charge < -0.3 is 10.1 Å². The van der Waals surface area contributed by atoms with Crippen LogP contribution in [0.25, 0.3) is 0 Å². The summed E-state index contributed by atoms with van der Waals surface area (Å²) < 4.78 is 5.02. The molecule has 4 nitrogen and oxygen atoms in total. The molecule has 0 saturated heterocycles. The normalized spacial score (nSPS) is 10.2. The Labute approximate surface area is 130 Å². The monoisotopic (exact) mass is 330 g/mol. The van der Waals surface area contributed by atoms with Crippen LogP contribution in [0.15, 0.2) is 30.3 Å². The van der Waals surface area contributed by atoms with E-state index >= 15 is 0 Å². The number of nitrogens with zero attached hydrogens (tertiary/aromatic N) is 1. The third kappa shape index (κ3) is 3.15. The highest BCUT2D eigenvalue weighted by atomic mass is 35.5. The molecule has 1 amide bonds. The van der Waals surface area contributed by atoms with Crippen molar-refractivity contribution in [2.75, 3.05) is 12.4 Å². The molecule has 0 radical (unpaired) electrons. The number of hydrogen-bond donors (Lipinski definition) is 1. The Morgan fingerprint density at radius 1 is 1.15 bits per heavy atom. The Kier molecular flexibility index (Phi) is 4.70. The molecule has 20 heavy (non-hydrogen) atoms. The number of pyridine rings is 1. The second-order valence-electron chi connectivity index (χ2n) is 3.74. The number of carbonyl (C=O) groups excluding carboxylic acids is 1. The smallest absolute Gasteiger partial charge is 0.261 e. The molecule has 1 heterocycles. The van der Waals surface area contributed by atoms with Crippen LogP contribution in [-0.2, 0) is 0 Å². The van der Waals surface area contributed by atoms with E-state index in [0.29, 0.717) is 15.7 Å². The Bertz CT molecular complexity index is 642. The van der Waals surface area contributed by atoms with Gasteiger partial charge in [-0.1, -0.05) is 40.9 Å². The molecule has 2 rings (SSSR count). The number of hydrogen-bond acceptors (Lipinski definition) is 3. The molecule has 1 N–H and O–H groups in total. The number of nitrogens with one attached hydrogen (secondary N) is 1. The van der Waals surface area contributed by atoms with Crippen molar-refractivity contribution in [2.24, 2.45) is 0 Å². The van der Waals surface area contributed by atoms with Crippen molar-refractivity contribution in [1.29, 1.82) is 0 Å². The van der Waals surface area contributed by atoms with E-state index in [9.17, 15) is 4.79 Å². The van der Waals surface area contributed by atoms with Gasteiger partial charge in [-0.2, -0.15) is 0 Å². The van der Waals surface area contributed by atoms with Crippen molar-refractivity contribution in [3.63, 3.8) is 0 Å². The maximum Gasteiger partial charge on any atom is 0.261 e. The van der Waals surface area contributed by atoms with Gasteiger partial charge in [0.1, 0.15) is 10.7 Å². The van der Waals surface area contributed by atoms with E-state index in [1.54, 1.807) is 18.2 Å². The van der Waals surface area contributed by atoms with Crippen molar-refractivity contribution in [2.45, 2.75) is 0 Å². The highest BCUT2D eigenvalue weighted by molar-refractivity contribution is 6.40. The Balaban J connectivity index is 2.33. The number of halogens is 3. The summed E-state index contributed by atoms with van der Waals surface area (Å²) in [4.78, 5) is 16.1. The average molecular weight is 332 g/mol. The van der Waals surface area contributed by atoms with Crippen molar-refractivity contribution in [3.8, 4) is 5.88 Å². The van der Waals surface area contributed by atoms with Crippen LogP contribution < -0.4 is 10.1 Å². The minimum atomic E-state index is -0.444. The molecule has 7 heteroatoms. The van der Waals surface area contributed by atoms with Gasteiger partial charge in [0.2, 0.25) is 5.88 Å². The van der Waals surface area contributed by atoms with E-state index < -0.39 is 5.91 Å². The molecule has 0 aliphatic rings. The number of ether oxygens (including phenoxy) is 1. The van der Waals surface area contributed by atoms with Crippen molar-refractivity contribution >= 4 is 46.4 Å². The number of para-hydroxylation sites is 1. The summed E-state index contributed by atoms with van der Waals surface area (Å²) in [5.41, 5.74) is 0.561. The number of rotatable bonds is 3. The third-order valence-electron chi connectivity index (χ3n) is 2.47. The molecule has 104 valence electrons. The van der Waals surface area contributed by atoms with Gasteiger partial charge >= 0.3 is 0 Å². The molecule has 0 spiro atoms. The van der Waals surface area contributed by atoms with Gasteiger partial charge in [0.25, 0.3) is 5.91 Å². The highest BCUT2D eigenvalue weighted by Gasteiger charge is 2.16. The number of amides is 1. The lowest BCUT2D eigenvalue weighted by atomic mass is 10.2. The zero-order valence-corrected chi connectivity index (χ0v) is 12.6. The van der Waals surface area contributed by atoms with Crippen molar-refractivity contribution in [3.05, 3.63) is 51.1 Å². The fourth-order valence-electron chi connectivity index (χ4n) is 1.54. The molecule has 1 aromatic carbocycles. The minimum absolute atomic E-state index is 0.123. The Hall–Kier alpha value is -1.49. The number of anilines is 1. The van der Waals surface area contributed by atoms with E-state index in [0.717, 1.165) is 0 Å². The predicted molar refractivity (Wildman–Crippen MR) is 80.2 cm³/mol. The topological polar surface area (TPSA) is 51.2 Å². The fourth-order valence-corrected chi connectivity index (χ4v) is 2.18. The maximum atomic E-state index is 12.2. The quantitative estimate of drug-likeness (QED) is 0.853. The van der Waals surface area contributed by atoms with Crippen LogP contribution >= 0.6 is 34.8 Å². The number of carbonyl (C=O) groups is 1. The summed E-state index contributed by atoms with van der Waals surface area (Å²) in [6, 6.07) is 7.94. The molecule has 0 saturated carbocycles. The maximum absolute atomic E-state index is 12.2. The molecule has 1 aromatic heterocycles. The van der Waals surface area contributed by atoms with Crippen LogP contribution in [0.2, 0.25) is 15.2 Å². The molecule has 0 aliphatic heterocycles. The predicted octanol–water partition coefficient (Wildman–Crippen LogP) is 4.30. The highest BCUT2D eigenvalue weighted by Crippen LogP contribution is 2.31. The van der Waals surface area contributed by atoms with E-state index in [1.807, 2.05) is 0 Å². The van der Waals surface area contributed by atoms with Gasteiger partial charge in [-0.05, 0) is 24.3 Å². The summed E-state index contributed by atoms with van der Waals surface area (Å²) in [6.07, 6.45) is 0. The fraction of sp³-hybridized carbons (Fsp3) is 0.0769. The zero-order valence-electron chi connectivity index (χ0n) is 10.3. The van der Waals surface area contributed by atoms with E-state index in [4.69, 9.17) is 39.5 Å². The standard InChI is InChI=1S/C13H9Cl3N2O2/c1-20-13-7(5-6-10(16)17-13)12(19)18-11-8(14)3-2-4-9(11)15/h2-6H,1H3,(H,18,19). The first-order chi connectivity index (χ1) is 9.52. The molecule has 2 aromatic rings. The Morgan fingerprint density at radius 2 is 1.80 bits per heavy atom. The largest absolute Gasteiger partial charge is 0.480 e. The first-order valence-electron chi connectivity index (χ1n) is 5.49. The lowest BCUT2D eigenvalue weighted by Crippen LogP contribution is -2.14. The molecule has 0 fully saturated rings. The van der Waals surface area contributed by atoms with Gasteiger partial charge in [0, 0.05) is 0 Å². The van der Waals surface area contributed by atoms with Crippen LogP contribution in [-0.4, -0.2) is 18.0 Å². The lowest BCUT2D eigenvalue weighted by Gasteiger charge is -2.11. The molecule has 0 unspecified atom stereocenters. The van der Waals surface area contributed by atoms with Gasteiger partial charge in [0.05, 0.1) is 22.8 Å². The molecular weight excluding hydrogens is 323 g/mol. The number of aromatic nitrogens is 1. The van der Waals surface area contributed by atoms with Gasteiger partial charge in [-0.3, -0.25) is 4.79 Å². The van der Waals surface area contributed by atoms with Crippen LogP contribution in [0.3, 0.4) is 0 Å². The number of methoxy groups -OCH3 is 1. The summed E-state index contributed by atoms with van der Waals surface area (Å²) in [5, 5.41) is 3.53. The van der Waals surface area contributed by atoms with Gasteiger partial charge in [0.15, 0.2) is 0 Å². The third-order valence-corrected chi connectivity index (χ3v) is 3.31. The van der Waals surface area contributed by atoms with Crippen LogP contribution in [0.4, 0.5) is 5.69 Å². The van der Waals surface area contributed by atoms with E-state index in [-0.39, 0.29) is 16.6 Å². The summed E-state index contributed by atoms with van der Waals surface area (Å²) in [7, 11) is 1.40. The second-order valence-corrected chi connectivity index (χ2v) is 4.94. The van der Waals surface area contributed by atoms with Crippen molar-refractivity contribution in [1.82, 2.24) is 4.98 Å². The van der Waals surface area contributed by atoms with Crippen LogP contribution in [0, 0.1) is 0 Å². The number of benzene rings is 1. The first-order valence-corrected chi connectivity index (χ1v) is 6.62.